The highest BCUT2D eigenvalue weighted by atomic mass is 35.5. The van der Waals surface area contributed by atoms with Crippen LogP contribution in [0.25, 0.3) is 0 Å². The van der Waals surface area contributed by atoms with Crippen molar-refractivity contribution in [3.05, 3.63) is 63.9 Å². The van der Waals surface area contributed by atoms with Crippen molar-refractivity contribution < 1.29 is 14.3 Å². The summed E-state index contributed by atoms with van der Waals surface area (Å²) in [5.74, 6) is -1.04. The third kappa shape index (κ3) is 6.36. The van der Waals surface area contributed by atoms with Gasteiger partial charge in [0, 0.05) is 12.2 Å². The second-order valence-corrected chi connectivity index (χ2v) is 6.33. The number of carbonyl (C=O) groups excluding carboxylic acids is 2. The molecule has 0 bridgehead atoms. The van der Waals surface area contributed by atoms with Crippen molar-refractivity contribution in [1.29, 1.82) is 0 Å². The number of amides is 1. The lowest BCUT2D eigenvalue weighted by Gasteiger charge is -2.14. The topological polar surface area (TPSA) is 68.3 Å². The summed E-state index contributed by atoms with van der Waals surface area (Å²) in [6.07, 6.45) is 2.90. The van der Waals surface area contributed by atoms with Crippen molar-refractivity contribution in [2.24, 2.45) is 0 Å². The van der Waals surface area contributed by atoms with Crippen LogP contribution in [0.2, 0.25) is 10.2 Å². The summed E-state index contributed by atoms with van der Waals surface area (Å²) in [7, 11) is 0. The molecule has 1 heterocycles. The molecule has 2 rings (SSSR count). The predicted octanol–water partition coefficient (Wildman–Crippen LogP) is 3.68. The van der Waals surface area contributed by atoms with Crippen molar-refractivity contribution in [1.82, 2.24) is 10.3 Å². The first-order valence-corrected chi connectivity index (χ1v) is 8.52. The zero-order valence-corrected chi connectivity index (χ0v) is 15.2. The number of ether oxygens (including phenoxy) is 1. The smallest absolute Gasteiger partial charge is 0.340 e. The van der Waals surface area contributed by atoms with Crippen molar-refractivity contribution in [2.45, 2.75) is 25.8 Å². The van der Waals surface area contributed by atoms with Crippen molar-refractivity contribution in [3.8, 4) is 0 Å². The van der Waals surface area contributed by atoms with E-state index < -0.39 is 5.97 Å². The highest BCUT2D eigenvalue weighted by Gasteiger charge is 2.14. The summed E-state index contributed by atoms with van der Waals surface area (Å²) in [6, 6.07) is 11.3. The Morgan fingerprint density at radius 2 is 1.96 bits per heavy atom. The van der Waals surface area contributed by atoms with Crippen molar-refractivity contribution in [3.63, 3.8) is 0 Å². The van der Waals surface area contributed by atoms with Crippen LogP contribution in [0.3, 0.4) is 0 Å². The monoisotopic (exact) mass is 380 g/mol. The summed E-state index contributed by atoms with van der Waals surface area (Å²) in [4.78, 5) is 27.5. The van der Waals surface area contributed by atoms with Gasteiger partial charge in [0.15, 0.2) is 6.61 Å². The summed E-state index contributed by atoms with van der Waals surface area (Å²) in [5.41, 5.74) is 1.35. The fourth-order valence-electron chi connectivity index (χ4n) is 2.16. The standard InChI is InChI=1S/C18H18Cl2N2O3/c1-12(7-8-13-5-3-2-4-6-13)22-16(23)11-25-18(24)14-9-15(19)17(20)21-10-14/h2-6,9-10,12H,7-8,11H2,1H3,(H,22,23)/t12-/m0/s1. The SMILES string of the molecule is C[C@@H](CCc1ccccc1)NC(=O)COC(=O)c1cnc(Cl)c(Cl)c1. The number of hydrogen-bond donors (Lipinski definition) is 1. The van der Waals surface area contributed by atoms with E-state index in [9.17, 15) is 9.59 Å². The van der Waals surface area contributed by atoms with Gasteiger partial charge in [0.25, 0.3) is 5.91 Å². The molecule has 2 aromatic rings. The molecule has 25 heavy (non-hydrogen) atoms. The van der Waals surface area contributed by atoms with Crippen LogP contribution in [-0.4, -0.2) is 29.5 Å². The molecule has 0 saturated heterocycles. The van der Waals surface area contributed by atoms with Gasteiger partial charge in [-0.1, -0.05) is 53.5 Å². The van der Waals surface area contributed by atoms with Gasteiger partial charge in [0.05, 0.1) is 10.6 Å². The summed E-state index contributed by atoms with van der Waals surface area (Å²) in [5, 5.41) is 3.05. The number of carbonyl (C=O) groups is 2. The maximum atomic E-state index is 11.9. The van der Waals surface area contributed by atoms with Crippen LogP contribution in [-0.2, 0) is 16.0 Å². The number of benzene rings is 1. The third-order valence-corrected chi connectivity index (χ3v) is 4.17. The lowest BCUT2D eigenvalue weighted by molar-refractivity contribution is -0.124. The zero-order valence-electron chi connectivity index (χ0n) is 13.7. The Kier molecular flexibility index (Phi) is 7.22. The van der Waals surface area contributed by atoms with E-state index in [0.29, 0.717) is 0 Å². The van der Waals surface area contributed by atoms with E-state index >= 15 is 0 Å². The molecule has 7 heteroatoms. The van der Waals surface area contributed by atoms with Gasteiger partial charge in [-0.25, -0.2) is 9.78 Å². The number of rotatable bonds is 7. The average Bonchev–Trinajstić information content (AvgIpc) is 2.61. The van der Waals surface area contributed by atoms with Gasteiger partial charge in [0.2, 0.25) is 0 Å². The summed E-state index contributed by atoms with van der Waals surface area (Å²) in [6.45, 7) is 1.54. The number of nitrogens with one attached hydrogen (secondary N) is 1. The van der Waals surface area contributed by atoms with Crippen LogP contribution in [0.1, 0.15) is 29.3 Å². The molecular formula is C18H18Cl2N2O3. The number of esters is 1. The quantitative estimate of drug-likeness (QED) is 0.587. The van der Waals surface area contributed by atoms with Crippen molar-refractivity contribution >= 4 is 35.1 Å². The van der Waals surface area contributed by atoms with Gasteiger partial charge in [-0.15, -0.1) is 0 Å². The molecule has 1 aromatic heterocycles. The molecule has 0 radical (unpaired) electrons. The maximum absolute atomic E-state index is 11.9. The fraction of sp³-hybridized carbons (Fsp3) is 0.278. The Morgan fingerprint density at radius 3 is 2.64 bits per heavy atom. The second kappa shape index (κ2) is 9.39. The molecule has 0 aliphatic heterocycles. The third-order valence-electron chi connectivity index (χ3n) is 3.48. The molecule has 1 amide bonds. The van der Waals surface area contributed by atoms with E-state index in [-0.39, 0.29) is 34.3 Å². The maximum Gasteiger partial charge on any atom is 0.340 e. The average molecular weight is 381 g/mol. The molecule has 1 aromatic carbocycles. The molecule has 0 saturated carbocycles. The molecule has 0 spiro atoms. The molecule has 132 valence electrons. The van der Waals surface area contributed by atoms with Gasteiger partial charge in [-0.2, -0.15) is 0 Å². The predicted molar refractivity (Wildman–Crippen MR) is 96.9 cm³/mol. The Bertz CT molecular complexity index is 738. The summed E-state index contributed by atoms with van der Waals surface area (Å²) < 4.78 is 4.96. The van der Waals surface area contributed by atoms with Gasteiger partial charge >= 0.3 is 5.97 Å². The minimum Gasteiger partial charge on any atom is -0.452 e. The summed E-state index contributed by atoms with van der Waals surface area (Å²) >= 11 is 11.5. The molecule has 0 fully saturated rings. The number of aromatic nitrogens is 1. The minimum absolute atomic E-state index is 0.0296. The fourth-order valence-corrected chi connectivity index (χ4v) is 2.43. The molecule has 0 unspecified atom stereocenters. The van der Waals surface area contributed by atoms with Crippen LogP contribution in [0.5, 0.6) is 0 Å². The highest BCUT2D eigenvalue weighted by molar-refractivity contribution is 6.41. The van der Waals surface area contributed by atoms with E-state index in [1.807, 2.05) is 37.3 Å². The Morgan fingerprint density at radius 1 is 1.24 bits per heavy atom. The molecule has 0 aliphatic rings. The number of halogens is 2. The van der Waals surface area contributed by atoms with Gasteiger partial charge in [-0.05, 0) is 31.4 Å². The van der Waals surface area contributed by atoms with Gasteiger partial charge in [0.1, 0.15) is 5.15 Å². The van der Waals surface area contributed by atoms with Crippen LogP contribution >= 0.6 is 23.2 Å². The van der Waals surface area contributed by atoms with Crippen LogP contribution < -0.4 is 5.32 Å². The first-order valence-electron chi connectivity index (χ1n) is 7.77. The van der Waals surface area contributed by atoms with Gasteiger partial charge < -0.3 is 10.1 Å². The first kappa shape index (κ1) is 19.2. The van der Waals surface area contributed by atoms with Crippen LogP contribution in [0.4, 0.5) is 0 Å². The lowest BCUT2D eigenvalue weighted by Crippen LogP contribution is -2.36. The number of aryl methyl sites for hydroxylation is 1. The van der Waals surface area contributed by atoms with Crippen molar-refractivity contribution in [2.75, 3.05) is 6.61 Å². The Balaban J connectivity index is 1.74. The van der Waals surface area contributed by atoms with Gasteiger partial charge in [-0.3, -0.25) is 4.79 Å². The normalized spacial score (nSPS) is 11.6. The molecule has 1 N–H and O–H groups in total. The zero-order chi connectivity index (χ0) is 18.2. The Labute approximate surface area is 156 Å². The molecule has 0 aliphatic carbocycles. The van der Waals surface area contributed by atoms with E-state index in [4.69, 9.17) is 27.9 Å². The van der Waals surface area contributed by atoms with E-state index in [2.05, 4.69) is 10.3 Å². The second-order valence-electron chi connectivity index (χ2n) is 5.57. The number of nitrogens with zero attached hydrogens (tertiary/aromatic N) is 1. The number of hydrogen-bond acceptors (Lipinski definition) is 4. The van der Waals surface area contributed by atoms with Crippen LogP contribution in [0.15, 0.2) is 42.6 Å². The lowest BCUT2D eigenvalue weighted by atomic mass is 10.1. The van der Waals surface area contributed by atoms with E-state index in [0.717, 1.165) is 12.8 Å². The highest BCUT2D eigenvalue weighted by Crippen LogP contribution is 2.20. The van der Waals surface area contributed by atoms with E-state index in [1.54, 1.807) is 0 Å². The molecule has 1 atom stereocenters. The minimum atomic E-state index is -0.682. The van der Waals surface area contributed by atoms with E-state index in [1.165, 1.54) is 17.8 Å². The molecule has 5 nitrogen and oxygen atoms in total. The first-order chi connectivity index (χ1) is 12.0. The molecular weight excluding hydrogens is 363 g/mol. The number of pyridine rings is 1. The van der Waals surface area contributed by atoms with Crippen LogP contribution in [0, 0.1) is 0 Å². The largest absolute Gasteiger partial charge is 0.452 e. The Hall–Kier alpha value is -2.11.